The number of benzene rings is 1. The Morgan fingerprint density at radius 1 is 1.37 bits per heavy atom. The van der Waals surface area contributed by atoms with Crippen LogP contribution < -0.4 is 5.73 Å². The summed E-state index contributed by atoms with van der Waals surface area (Å²) < 4.78 is 28.1. The van der Waals surface area contributed by atoms with E-state index in [0.717, 1.165) is 0 Å². The molecule has 5 nitrogen and oxygen atoms in total. The lowest BCUT2D eigenvalue weighted by molar-refractivity contribution is 0.0529. The number of hydrogen-bond donors (Lipinski definition) is 1. The molecule has 1 aromatic rings. The first-order chi connectivity index (χ1) is 8.75. The third-order valence-electron chi connectivity index (χ3n) is 2.83. The van der Waals surface area contributed by atoms with Crippen molar-refractivity contribution >= 4 is 21.5 Å². The van der Waals surface area contributed by atoms with Gasteiger partial charge >= 0.3 is 5.97 Å². The van der Waals surface area contributed by atoms with Crippen LogP contribution in [0.25, 0.3) is 0 Å². The number of hydrogen-bond acceptors (Lipinski definition) is 5. The van der Waals surface area contributed by atoms with Crippen molar-refractivity contribution in [2.45, 2.75) is 26.0 Å². The molecular weight excluding hydrogens is 266 g/mol. The van der Waals surface area contributed by atoms with E-state index in [2.05, 4.69) is 0 Å². The Kier molecular flexibility index (Phi) is 4.94. The highest BCUT2D eigenvalue weighted by atomic mass is 32.2. The van der Waals surface area contributed by atoms with Crippen molar-refractivity contribution in [3.63, 3.8) is 0 Å². The van der Waals surface area contributed by atoms with E-state index in [0.29, 0.717) is 16.8 Å². The maximum absolute atomic E-state index is 11.8. The molecule has 19 heavy (non-hydrogen) atoms. The maximum atomic E-state index is 11.8. The third-order valence-corrected chi connectivity index (χ3v) is 5.00. The van der Waals surface area contributed by atoms with Gasteiger partial charge in [-0.3, -0.25) is 0 Å². The van der Waals surface area contributed by atoms with Crippen LogP contribution in [0.4, 0.5) is 5.69 Å². The predicted octanol–water partition coefficient (Wildman–Crippen LogP) is 1.56. The summed E-state index contributed by atoms with van der Waals surface area (Å²) in [5.74, 6) is -0.767. The second-order valence-electron chi connectivity index (χ2n) is 4.59. The van der Waals surface area contributed by atoms with Crippen LogP contribution in [0.1, 0.15) is 29.8 Å². The van der Waals surface area contributed by atoms with Gasteiger partial charge in [-0.25, -0.2) is 13.2 Å². The van der Waals surface area contributed by atoms with Crippen LogP contribution in [0, 0.1) is 6.92 Å². The summed E-state index contributed by atoms with van der Waals surface area (Å²) in [7, 11) is -3.20. The molecule has 0 aliphatic carbocycles. The van der Waals surface area contributed by atoms with Gasteiger partial charge in [-0.1, -0.05) is 12.1 Å². The number of aryl methyl sites for hydroxylation is 1. The highest BCUT2D eigenvalue weighted by molar-refractivity contribution is 7.91. The Bertz CT molecular complexity index is 544. The highest BCUT2D eigenvalue weighted by Crippen LogP contribution is 2.17. The van der Waals surface area contributed by atoms with Gasteiger partial charge in [0.05, 0.1) is 16.6 Å². The van der Waals surface area contributed by atoms with E-state index in [1.165, 1.54) is 0 Å². The molecule has 0 heterocycles. The van der Waals surface area contributed by atoms with Crippen LogP contribution in [0.5, 0.6) is 0 Å². The fourth-order valence-electron chi connectivity index (χ4n) is 1.53. The molecule has 6 heteroatoms. The Morgan fingerprint density at radius 3 is 2.53 bits per heavy atom. The van der Waals surface area contributed by atoms with E-state index in [1.54, 1.807) is 39.0 Å². The SMILES string of the molecule is Cc1cccc(N)c1C(=O)OCCS(=O)(=O)C(C)C. The minimum atomic E-state index is -3.20. The fraction of sp³-hybridized carbons (Fsp3) is 0.462. The van der Waals surface area contributed by atoms with E-state index >= 15 is 0 Å². The van der Waals surface area contributed by atoms with Crippen molar-refractivity contribution in [1.82, 2.24) is 0 Å². The second-order valence-corrected chi connectivity index (χ2v) is 7.27. The van der Waals surface area contributed by atoms with Gasteiger partial charge < -0.3 is 10.5 Å². The fourth-order valence-corrected chi connectivity index (χ4v) is 2.31. The predicted molar refractivity (Wildman–Crippen MR) is 74.8 cm³/mol. The molecule has 0 aliphatic heterocycles. The standard InChI is InChI=1S/C13H19NO4S/c1-9(2)19(16,17)8-7-18-13(15)12-10(3)5-4-6-11(12)14/h4-6,9H,7-8,14H2,1-3H3. The summed E-state index contributed by atoms with van der Waals surface area (Å²) in [4.78, 5) is 11.8. The topological polar surface area (TPSA) is 86.5 Å². The van der Waals surface area contributed by atoms with Crippen LogP contribution in [0.2, 0.25) is 0 Å². The van der Waals surface area contributed by atoms with E-state index in [9.17, 15) is 13.2 Å². The van der Waals surface area contributed by atoms with Crippen molar-refractivity contribution in [2.24, 2.45) is 0 Å². The number of sulfone groups is 1. The molecule has 0 aromatic heterocycles. The summed E-state index contributed by atoms with van der Waals surface area (Å²) in [5, 5.41) is -0.477. The van der Waals surface area contributed by atoms with E-state index in [1.807, 2.05) is 0 Å². The van der Waals surface area contributed by atoms with Crippen LogP contribution >= 0.6 is 0 Å². The molecule has 0 amide bonds. The number of ether oxygens (including phenoxy) is 1. The lowest BCUT2D eigenvalue weighted by atomic mass is 10.1. The van der Waals surface area contributed by atoms with Gasteiger partial charge in [0, 0.05) is 5.69 Å². The van der Waals surface area contributed by atoms with Crippen molar-refractivity contribution in [3.8, 4) is 0 Å². The van der Waals surface area contributed by atoms with Crippen molar-refractivity contribution in [2.75, 3.05) is 18.1 Å². The Labute approximate surface area is 113 Å². The molecule has 0 radical (unpaired) electrons. The first-order valence-electron chi connectivity index (χ1n) is 5.99. The van der Waals surface area contributed by atoms with Gasteiger partial charge in [-0.05, 0) is 32.4 Å². The molecular formula is C13H19NO4S. The van der Waals surface area contributed by atoms with Gasteiger partial charge in [-0.2, -0.15) is 0 Å². The Morgan fingerprint density at radius 2 is 2.00 bits per heavy atom. The monoisotopic (exact) mass is 285 g/mol. The number of esters is 1. The minimum Gasteiger partial charge on any atom is -0.461 e. The van der Waals surface area contributed by atoms with Crippen molar-refractivity contribution in [1.29, 1.82) is 0 Å². The quantitative estimate of drug-likeness (QED) is 0.655. The van der Waals surface area contributed by atoms with Crippen LogP contribution in [-0.2, 0) is 14.6 Å². The Hall–Kier alpha value is -1.56. The number of carbonyl (C=O) groups is 1. The zero-order valence-corrected chi connectivity index (χ0v) is 12.2. The van der Waals surface area contributed by atoms with Crippen LogP contribution in [-0.4, -0.2) is 32.0 Å². The first-order valence-corrected chi connectivity index (χ1v) is 7.71. The lowest BCUT2D eigenvalue weighted by Gasteiger charge is -2.11. The third kappa shape index (κ3) is 3.96. The summed E-state index contributed by atoms with van der Waals surface area (Å²) >= 11 is 0. The number of nitrogen functional groups attached to an aromatic ring is 1. The number of carbonyl (C=O) groups excluding carboxylic acids is 1. The second kappa shape index (κ2) is 6.06. The zero-order valence-electron chi connectivity index (χ0n) is 11.3. The molecule has 2 N–H and O–H groups in total. The summed E-state index contributed by atoms with van der Waals surface area (Å²) in [6.07, 6.45) is 0. The first kappa shape index (κ1) is 15.5. The lowest BCUT2D eigenvalue weighted by Crippen LogP contribution is -2.22. The zero-order chi connectivity index (χ0) is 14.6. The van der Waals surface area contributed by atoms with Gasteiger partial charge in [-0.15, -0.1) is 0 Å². The van der Waals surface area contributed by atoms with E-state index in [4.69, 9.17) is 10.5 Å². The molecule has 1 aromatic carbocycles. The van der Waals surface area contributed by atoms with Crippen molar-refractivity contribution < 1.29 is 17.9 Å². The van der Waals surface area contributed by atoms with Gasteiger partial charge in [0.25, 0.3) is 0 Å². The maximum Gasteiger partial charge on any atom is 0.340 e. The molecule has 1 rings (SSSR count). The van der Waals surface area contributed by atoms with Crippen LogP contribution in [0.3, 0.4) is 0 Å². The summed E-state index contributed by atoms with van der Waals surface area (Å²) in [6.45, 7) is 4.78. The molecule has 0 aliphatic rings. The average Bonchev–Trinajstić information content (AvgIpc) is 2.28. The molecule has 0 unspecified atom stereocenters. The molecule has 0 fully saturated rings. The Balaban J connectivity index is 2.68. The number of rotatable bonds is 5. The summed E-state index contributed by atoms with van der Waals surface area (Å²) in [5.41, 5.74) is 7.04. The molecule has 0 bridgehead atoms. The number of nitrogens with two attached hydrogens (primary N) is 1. The summed E-state index contributed by atoms with van der Waals surface area (Å²) in [6, 6.07) is 5.09. The normalized spacial score (nSPS) is 11.6. The average molecular weight is 285 g/mol. The molecule has 0 atom stereocenters. The van der Waals surface area contributed by atoms with Gasteiger partial charge in [0.2, 0.25) is 0 Å². The molecule has 0 spiro atoms. The van der Waals surface area contributed by atoms with Crippen LogP contribution in [0.15, 0.2) is 18.2 Å². The van der Waals surface area contributed by atoms with Crippen molar-refractivity contribution in [3.05, 3.63) is 29.3 Å². The van der Waals surface area contributed by atoms with E-state index < -0.39 is 21.1 Å². The van der Waals surface area contributed by atoms with Gasteiger partial charge in [0.1, 0.15) is 6.61 Å². The van der Waals surface area contributed by atoms with Gasteiger partial charge in [0.15, 0.2) is 9.84 Å². The smallest absolute Gasteiger partial charge is 0.340 e. The minimum absolute atomic E-state index is 0.160. The molecule has 106 valence electrons. The highest BCUT2D eigenvalue weighted by Gasteiger charge is 2.18. The number of anilines is 1. The molecule has 0 saturated carbocycles. The van der Waals surface area contributed by atoms with E-state index in [-0.39, 0.29) is 12.4 Å². The molecule has 0 saturated heterocycles. The largest absolute Gasteiger partial charge is 0.461 e.